The molecule has 0 saturated carbocycles. The van der Waals surface area contributed by atoms with Gasteiger partial charge in [0, 0.05) is 36.8 Å². The van der Waals surface area contributed by atoms with Gasteiger partial charge in [0.25, 0.3) is 0 Å². The van der Waals surface area contributed by atoms with Crippen LogP contribution in [0.4, 0.5) is 5.69 Å². The molecule has 0 amide bonds. The molecule has 1 aliphatic heterocycles. The van der Waals surface area contributed by atoms with E-state index >= 15 is 0 Å². The Balaban J connectivity index is 1.37. The van der Waals surface area contributed by atoms with Gasteiger partial charge in [-0.15, -0.1) is 0 Å². The van der Waals surface area contributed by atoms with Gasteiger partial charge in [-0.2, -0.15) is 5.26 Å². The first-order valence-corrected chi connectivity index (χ1v) is 9.78. The number of benzene rings is 2. The molecule has 4 heteroatoms. The average Bonchev–Trinajstić information content (AvgIpc) is 2.72. The molecule has 138 valence electrons. The third-order valence-corrected chi connectivity index (χ3v) is 5.98. The van der Waals surface area contributed by atoms with Crippen LogP contribution in [0.25, 0.3) is 0 Å². The van der Waals surface area contributed by atoms with Crippen LogP contribution in [0.2, 0.25) is 0 Å². The number of Topliss-reactive ketones (excluding diaryl/α,β-unsaturated/α-hetero) is 1. The van der Waals surface area contributed by atoms with E-state index in [0.717, 1.165) is 56.6 Å². The lowest BCUT2D eigenvalue weighted by Gasteiger charge is -2.39. The van der Waals surface area contributed by atoms with Crippen LogP contribution >= 0.6 is 0 Å². The van der Waals surface area contributed by atoms with Crippen LogP contribution in [0.15, 0.2) is 54.6 Å². The number of carbonyl (C=O) groups excluding carboxylic acids is 1. The van der Waals surface area contributed by atoms with E-state index in [1.54, 1.807) is 0 Å². The van der Waals surface area contributed by atoms with Crippen molar-refractivity contribution in [1.82, 2.24) is 4.90 Å². The van der Waals surface area contributed by atoms with E-state index in [2.05, 4.69) is 22.4 Å². The number of carbonyl (C=O) groups is 1. The van der Waals surface area contributed by atoms with E-state index in [0.29, 0.717) is 0 Å². The molecule has 4 rings (SSSR count). The summed E-state index contributed by atoms with van der Waals surface area (Å²) in [6.45, 7) is 2.50. The molecule has 2 aromatic rings. The zero-order chi connectivity index (χ0) is 18.7. The van der Waals surface area contributed by atoms with Gasteiger partial charge >= 0.3 is 0 Å². The third-order valence-electron chi connectivity index (χ3n) is 5.98. The number of anilines is 1. The van der Waals surface area contributed by atoms with Crippen molar-refractivity contribution in [2.45, 2.75) is 31.2 Å². The lowest BCUT2D eigenvalue weighted by molar-refractivity contribution is 0.0835. The van der Waals surface area contributed by atoms with E-state index in [-0.39, 0.29) is 11.7 Å². The van der Waals surface area contributed by atoms with Gasteiger partial charge in [-0.05, 0) is 43.4 Å². The fourth-order valence-corrected chi connectivity index (χ4v) is 4.33. The molecule has 2 aromatic carbocycles. The Labute approximate surface area is 160 Å². The number of nitriles is 1. The topological polar surface area (TPSA) is 56.1 Å². The van der Waals surface area contributed by atoms with Crippen LogP contribution in [0.1, 0.15) is 35.2 Å². The number of nitrogens with one attached hydrogen (secondary N) is 1. The van der Waals surface area contributed by atoms with Gasteiger partial charge in [0.2, 0.25) is 0 Å². The molecule has 1 heterocycles. The van der Waals surface area contributed by atoms with Gasteiger partial charge in [-0.25, -0.2) is 0 Å². The molecule has 1 unspecified atom stereocenters. The highest BCUT2D eigenvalue weighted by atomic mass is 16.1. The molecule has 4 nitrogen and oxygen atoms in total. The van der Waals surface area contributed by atoms with Crippen molar-refractivity contribution in [2.75, 3.05) is 25.0 Å². The Hall–Kier alpha value is -2.64. The maximum absolute atomic E-state index is 12.8. The second kappa shape index (κ2) is 7.54. The summed E-state index contributed by atoms with van der Waals surface area (Å²) in [5, 5.41) is 13.2. The molecule has 27 heavy (non-hydrogen) atoms. The number of nitrogens with zero attached hydrogens (tertiary/aromatic N) is 2. The minimum absolute atomic E-state index is 0.0802. The summed E-state index contributed by atoms with van der Waals surface area (Å²) in [6, 6.07) is 20.5. The number of ketones is 1. The van der Waals surface area contributed by atoms with Crippen LogP contribution in [0, 0.1) is 17.2 Å². The van der Waals surface area contributed by atoms with Gasteiger partial charge in [-0.3, -0.25) is 4.79 Å². The molecule has 0 aromatic heterocycles. The number of fused-ring (bicyclic) bond motifs is 1. The number of hydrogen-bond acceptors (Lipinski definition) is 4. The number of piperidine rings is 1. The van der Waals surface area contributed by atoms with Crippen molar-refractivity contribution in [1.29, 1.82) is 5.26 Å². The summed E-state index contributed by atoms with van der Waals surface area (Å²) in [7, 11) is 0. The predicted molar refractivity (Wildman–Crippen MR) is 107 cm³/mol. The Morgan fingerprint density at radius 2 is 1.78 bits per heavy atom. The van der Waals surface area contributed by atoms with E-state index in [1.165, 1.54) is 5.56 Å². The first-order chi connectivity index (χ1) is 13.2. The van der Waals surface area contributed by atoms with E-state index in [9.17, 15) is 10.1 Å². The van der Waals surface area contributed by atoms with Gasteiger partial charge in [-0.1, -0.05) is 42.5 Å². The largest absolute Gasteiger partial charge is 0.367 e. The number of likely N-dealkylation sites (tertiary alicyclic amines) is 1. The Morgan fingerprint density at radius 3 is 2.52 bits per heavy atom. The zero-order valence-corrected chi connectivity index (χ0v) is 15.5. The fraction of sp³-hybridized carbons (Fsp3) is 0.391. The minimum Gasteiger partial charge on any atom is -0.367 e. The molecular formula is C23H25N3O. The molecule has 2 aliphatic rings. The van der Waals surface area contributed by atoms with Gasteiger partial charge in [0.05, 0.1) is 6.07 Å². The zero-order valence-electron chi connectivity index (χ0n) is 15.5. The molecular weight excluding hydrogens is 334 g/mol. The third kappa shape index (κ3) is 3.74. The molecule has 1 fully saturated rings. The molecule has 0 radical (unpaired) electrons. The minimum atomic E-state index is -0.513. The quantitative estimate of drug-likeness (QED) is 0.899. The molecule has 0 spiro atoms. The fourth-order valence-electron chi connectivity index (χ4n) is 4.33. The maximum Gasteiger partial charge on any atom is 0.167 e. The summed E-state index contributed by atoms with van der Waals surface area (Å²) in [4.78, 5) is 15.2. The maximum atomic E-state index is 12.8. The van der Waals surface area contributed by atoms with Gasteiger partial charge in [0.15, 0.2) is 5.78 Å². The van der Waals surface area contributed by atoms with E-state index < -0.39 is 5.54 Å². The molecule has 1 saturated heterocycles. The Morgan fingerprint density at radius 1 is 1.07 bits per heavy atom. The van der Waals surface area contributed by atoms with Gasteiger partial charge < -0.3 is 10.2 Å². The van der Waals surface area contributed by atoms with Crippen molar-refractivity contribution < 1.29 is 4.79 Å². The smallest absolute Gasteiger partial charge is 0.167 e. The van der Waals surface area contributed by atoms with Crippen LogP contribution in [-0.2, 0) is 6.42 Å². The molecule has 1 N–H and O–H groups in total. The monoisotopic (exact) mass is 359 g/mol. The van der Waals surface area contributed by atoms with Crippen LogP contribution in [0.3, 0.4) is 0 Å². The first kappa shape index (κ1) is 17.8. The number of aryl methyl sites for hydroxylation is 1. The second-order valence-electron chi connectivity index (χ2n) is 7.74. The Bertz CT molecular complexity index is 847. The molecule has 0 bridgehead atoms. The summed E-state index contributed by atoms with van der Waals surface area (Å²) in [5.74, 6) is 0.368. The van der Waals surface area contributed by atoms with E-state index in [4.69, 9.17) is 0 Å². The van der Waals surface area contributed by atoms with Crippen LogP contribution < -0.4 is 5.32 Å². The summed E-state index contributed by atoms with van der Waals surface area (Å²) in [5.41, 5.74) is 2.57. The molecule has 1 atom stereocenters. The number of hydrogen-bond donors (Lipinski definition) is 1. The predicted octanol–water partition coefficient (Wildman–Crippen LogP) is 3.90. The highest BCUT2D eigenvalue weighted by Gasteiger charge is 2.36. The molecule has 1 aliphatic carbocycles. The second-order valence-corrected chi connectivity index (χ2v) is 7.74. The average molecular weight is 359 g/mol. The normalized spacial score (nSPS) is 21.9. The SMILES string of the molecule is N#CC1(Nc2ccccc2)CCN(CC2CCc3ccccc3C2=O)CC1. The summed E-state index contributed by atoms with van der Waals surface area (Å²) in [6.07, 6.45) is 3.46. The number of rotatable bonds is 4. The summed E-state index contributed by atoms with van der Waals surface area (Å²) >= 11 is 0. The lowest BCUT2D eigenvalue weighted by atomic mass is 9.81. The van der Waals surface area contributed by atoms with Crippen LogP contribution in [-0.4, -0.2) is 35.9 Å². The highest BCUT2D eigenvalue weighted by Crippen LogP contribution is 2.30. The van der Waals surface area contributed by atoms with Crippen LogP contribution in [0.5, 0.6) is 0 Å². The van der Waals surface area contributed by atoms with Crippen molar-refractivity contribution in [3.8, 4) is 6.07 Å². The summed E-state index contributed by atoms with van der Waals surface area (Å²) < 4.78 is 0. The standard InChI is InChI=1S/C23H25N3O/c24-17-23(25-20-7-2-1-3-8-20)12-14-26(15-13-23)16-19-11-10-18-6-4-5-9-21(18)22(19)27/h1-9,19,25H,10-16H2. The van der Waals surface area contributed by atoms with Gasteiger partial charge in [0.1, 0.15) is 5.54 Å². The number of para-hydroxylation sites is 1. The highest BCUT2D eigenvalue weighted by molar-refractivity contribution is 6.00. The lowest BCUT2D eigenvalue weighted by Crippen LogP contribution is -2.50. The first-order valence-electron chi connectivity index (χ1n) is 9.78. The van der Waals surface area contributed by atoms with E-state index in [1.807, 2.05) is 48.5 Å². The Kier molecular flexibility index (Phi) is 4.96. The van der Waals surface area contributed by atoms with Crippen molar-refractivity contribution in [2.24, 2.45) is 5.92 Å². The van der Waals surface area contributed by atoms with Crippen molar-refractivity contribution in [3.05, 3.63) is 65.7 Å². The van der Waals surface area contributed by atoms with Crippen molar-refractivity contribution in [3.63, 3.8) is 0 Å². The van der Waals surface area contributed by atoms with Crippen molar-refractivity contribution >= 4 is 11.5 Å².